The molecule has 0 aromatic heterocycles. The standard InChI is InChI=1S/C11H18N2O/c1-2-5-12-7-11(14)13-8-9-3-4-10(13)6-9/h2,9-10,12H,1,3-8H2. The van der Waals surface area contributed by atoms with Crippen LogP contribution in [0.15, 0.2) is 12.7 Å². The van der Waals surface area contributed by atoms with Gasteiger partial charge in [0.1, 0.15) is 0 Å². The van der Waals surface area contributed by atoms with Crippen LogP contribution in [0.25, 0.3) is 0 Å². The predicted octanol–water partition coefficient (Wildman–Crippen LogP) is 0.773. The predicted molar refractivity (Wildman–Crippen MR) is 55.9 cm³/mol. The van der Waals surface area contributed by atoms with Gasteiger partial charge in [0.05, 0.1) is 6.54 Å². The zero-order valence-electron chi connectivity index (χ0n) is 8.54. The van der Waals surface area contributed by atoms with Crippen LogP contribution < -0.4 is 5.32 Å². The molecule has 14 heavy (non-hydrogen) atoms. The van der Waals surface area contributed by atoms with Gasteiger partial charge >= 0.3 is 0 Å². The van der Waals surface area contributed by atoms with E-state index in [0.29, 0.717) is 19.1 Å². The number of carbonyl (C=O) groups is 1. The monoisotopic (exact) mass is 194 g/mol. The second-order valence-electron chi connectivity index (χ2n) is 4.30. The Morgan fingerprint density at radius 1 is 1.57 bits per heavy atom. The van der Waals surface area contributed by atoms with Crippen LogP contribution in [0, 0.1) is 5.92 Å². The van der Waals surface area contributed by atoms with Gasteiger partial charge in [-0.2, -0.15) is 0 Å². The Hall–Kier alpha value is -0.830. The first-order chi connectivity index (χ1) is 6.81. The molecule has 78 valence electrons. The lowest BCUT2D eigenvalue weighted by atomic mass is 10.1. The lowest BCUT2D eigenvalue weighted by Gasteiger charge is -2.27. The highest BCUT2D eigenvalue weighted by molar-refractivity contribution is 5.79. The van der Waals surface area contributed by atoms with Crippen molar-refractivity contribution in [1.29, 1.82) is 0 Å². The summed E-state index contributed by atoms with van der Waals surface area (Å²) >= 11 is 0. The van der Waals surface area contributed by atoms with Crippen LogP contribution in [0.5, 0.6) is 0 Å². The number of amides is 1. The van der Waals surface area contributed by atoms with Gasteiger partial charge in [-0.1, -0.05) is 6.08 Å². The summed E-state index contributed by atoms with van der Waals surface area (Å²) in [4.78, 5) is 13.8. The summed E-state index contributed by atoms with van der Waals surface area (Å²) in [5.74, 6) is 1.06. The molecule has 1 saturated carbocycles. The van der Waals surface area contributed by atoms with E-state index in [-0.39, 0.29) is 5.91 Å². The Kier molecular flexibility index (Phi) is 2.87. The van der Waals surface area contributed by atoms with Gasteiger partial charge in [-0.05, 0) is 25.2 Å². The third-order valence-electron chi connectivity index (χ3n) is 3.29. The number of carbonyl (C=O) groups excluding carboxylic acids is 1. The van der Waals surface area contributed by atoms with Crippen LogP contribution in [0.3, 0.4) is 0 Å². The van der Waals surface area contributed by atoms with Crippen molar-refractivity contribution < 1.29 is 4.79 Å². The highest BCUT2D eigenvalue weighted by atomic mass is 16.2. The van der Waals surface area contributed by atoms with Gasteiger partial charge in [0.25, 0.3) is 0 Å². The summed E-state index contributed by atoms with van der Waals surface area (Å²) in [5.41, 5.74) is 0. The number of rotatable bonds is 4. The van der Waals surface area contributed by atoms with Gasteiger partial charge in [0.15, 0.2) is 0 Å². The van der Waals surface area contributed by atoms with E-state index in [4.69, 9.17) is 0 Å². The van der Waals surface area contributed by atoms with Crippen molar-refractivity contribution >= 4 is 5.91 Å². The fraction of sp³-hybridized carbons (Fsp3) is 0.727. The average Bonchev–Trinajstić information content (AvgIpc) is 2.79. The molecule has 1 aliphatic carbocycles. The van der Waals surface area contributed by atoms with Crippen LogP contribution in [0.1, 0.15) is 19.3 Å². The molecule has 2 rings (SSSR count). The Morgan fingerprint density at radius 2 is 2.43 bits per heavy atom. The van der Waals surface area contributed by atoms with Crippen molar-refractivity contribution in [2.45, 2.75) is 25.3 Å². The SMILES string of the molecule is C=CCNCC(=O)N1CC2CCC1C2. The van der Waals surface area contributed by atoms with E-state index < -0.39 is 0 Å². The van der Waals surface area contributed by atoms with Crippen molar-refractivity contribution in [2.75, 3.05) is 19.6 Å². The molecule has 2 fully saturated rings. The Morgan fingerprint density at radius 3 is 3.00 bits per heavy atom. The molecule has 0 radical (unpaired) electrons. The molecule has 1 heterocycles. The highest BCUT2D eigenvalue weighted by Gasteiger charge is 2.39. The van der Waals surface area contributed by atoms with Crippen molar-refractivity contribution in [3.05, 3.63) is 12.7 Å². The Bertz CT molecular complexity index is 239. The third-order valence-corrected chi connectivity index (χ3v) is 3.29. The number of hydrogen-bond donors (Lipinski definition) is 1. The summed E-state index contributed by atoms with van der Waals surface area (Å²) in [5, 5.41) is 3.06. The Balaban J connectivity index is 1.78. The summed E-state index contributed by atoms with van der Waals surface area (Å²) < 4.78 is 0. The molecule has 0 aromatic rings. The van der Waals surface area contributed by atoms with Crippen molar-refractivity contribution in [3.8, 4) is 0 Å². The molecular formula is C11H18N2O. The van der Waals surface area contributed by atoms with E-state index in [1.165, 1.54) is 19.3 Å². The van der Waals surface area contributed by atoms with Crippen LogP contribution in [-0.2, 0) is 4.79 Å². The molecule has 2 unspecified atom stereocenters. The molecule has 1 N–H and O–H groups in total. The van der Waals surface area contributed by atoms with Crippen LogP contribution >= 0.6 is 0 Å². The maximum absolute atomic E-state index is 11.7. The average molecular weight is 194 g/mol. The quantitative estimate of drug-likeness (QED) is 0.529. The molecule has 0 spiro atoms. The Labute approximate surface area is 85.2 Å². The number of nitrogens with zero attached hydrogens (tertiary/aromatic N) is 1. The van der Waals surface area contributed by atoms with Gasteiger partial charge in [0, 0.05) is 19.1 Å². The normalized spacial score (nSPS) is 29.6. The van der Waals surface area contributed by atoms with E-state index in [9.17, 15) is 4.79 Å². The summed E-state index contributed by atoms with van der Waals surface area (Å²) in [6.45, 7) is 5.79. The molecule has 1 saturated heterocycles. The maximum Gasteiger partial charge on any atom is 0.236 e. The molecule has 0 aromatic carbocycles. The molecule has 3 nitrogen and oxygen atoms in total. The van der Waals surface area contributed by atoms with Gasteiger partial charge in [-0.3, -0.25) is 4.79 Å². The van der Waals surface area contributed by atoms with E-state index in [1.54, 1.807) is 6.08 Å². The summed E-state index contributed by atoms with van der Waals surface area (Å²) in [6.07, 6.45) is 5.57. The minimum atomic E-state index is 0.263. The number of hydrogen-bond acceptors (Lipinski definition) is 2. The smallest absolute Gasteiger partial charge is 0.236 e. The molecule has 3 heteroatoms. The number of piperidine rings is 1. The first-order valence-corrected chi connectivity index (χ1v) is 5.42. The van der Waals surface area contributed by atoms with E-state index in [2.05, 4.69) is 16.8 Å². The maximum atomic E-state index is 11.7. The zero-order chi connectivity index (χ0) is 9.97. The van der Waals surface area contributed by atoms with Gasteiger partial charge in [-0.15, -0.1) is 6.58 Å². The topological polar surface area (TPSA) is 32.3 Å². The lowest BCUT2D eigenvalue weighted by molar-refractivity contribution is -0.131. The third kappa shape index (κ3) is 1.82. The van der Waals surface area contributed by atoms with Gasteiger partial charge in [0.2, 0.25) is 5.91 Å². The van der Waals surface area contributed by atoms with Crippen molar-refractivity contribution in [2.24, 2.45) is 5.92 Å². The number of fused-ring (bicyclic) bond motifs is 2. The molecule has 2 bridgehead atoms. The van der Waals surface area contributed by atoms with Crippen molar-refractivity contribution in [1.82, 2.24) is 10.2 Å². The lowest BCUT2D eigenvalue weighted by Crippen LogP contribution is -2.42. The molecule has 1 aliphatic heterocycles. The highest BCUT2D eigenvalue weighted by Crippen LogP contribution is 2.37. The number of nitrogens with one attached hydrogen (secondary N) is 1. The molecule has 2 aliphatic rings. The van der Waals surface area contributed by atoms with E-state index in [0.717, 1.165) is 12.5 Å². The zero-order valence-corrected chi connectivity index (χ0v) is 8.54. The molecule has 1 amide bonds. The minimum absolute atomic E-state index is 0.263. The second kappa shape index (κ2) is 4.13. The van der Waals surface area contributed by atoms with Gasteiger partial charge < -0.3 is 10.2 Å². The van der Waals surface area contributed by atoms with Crippen LogP contribution in [0.4, 0.5) is 0 Å². The van der Waals surface area contributed by atoms with Gasteiger partial charge in [-0.25, -0.2) is 0 Å². The molecular weight excluding hydrogens is 176 g/mol. The second-order valence-corrected chi connectivity index (χ2v) is 4.30. The number of likely N-dealkylation sites (tertiary alicyclic amines) is 1. The summed E-state index contributed by atoms with van der Waals surface area (Å²) in [6, 6.07) is 0.554. The van der Waals surface area contributed by atoms with E-state index in [1.807, 2.05) is 0 Å². The molecule has 2 atom stereocenters. The largest absolute Gasteiger partial charge is 0.338 e. The summed E-state index contributed by atoms with van der Waals surface area (Å²) in [7, 11) is 0. The first-order valence-electron chi connectivity index (χ1n) is 5.42. The van der Waals surface area contributed by atoms with Crippen LogP contribution in [0.2, 0.25) is 0 Å². The fourth-order valence-electron chi connectivity index (χ4n) is 2.61. The van der Waals surface area contributed by atoms with Crippen LogP contribution in [-0.4, -0.2) is 36.5 Å². The van der Waals surface area contributed by atoms with Crippen molar-refractivity contribution in [3.63, 3.8) is 0 Å². The first kappa shape index (κ1) is 9.71. The fourth-order valence-corrected chi connectivity index (χ4v) is 2.61. The van der Waals surface area contributed by atoms with E-state index >= 15 is 0 Å². The minimum Gasteiger partial charge on any atom is -0.338 e.